The molecule has 0 saturated heterocycles. The predicted octanol–water partition coefficient (Wildman–Crippen LogP) is 2.38. The van der Waals surface area contributed by atoms with Gasteiger partial charge in [-0.15, -0.1) is 0 Å². The number of halogens is 4. The maximum Gasteiger partial charge on any atom is 0.407 e. The molecule has 6 nitrogen and oxygen atoms in total. The lowest BCUT2D eigenvalue weighted by Gasteiger charge is -2.28. The zero-order valence-electron chi connectivity index (χ0n) is 15.9. The second-order valence-electron chi connectivity index (χ2n) is 7.95. The van der Waals surface area contributed by atoms with Crippen LogP contribution in [-0.4, -0.2) is 43.6 Å². The van der Waals surface area contributed by atoms with E-state index in [9.17, 15) is 30.8 Å². The lowest BCUT2D eigenvalue weighted by atomic mass is 10.0. The molecule has 1 amide bonds. The van der Waals surface area contributed by atoms with Gasteiger partial charge in [0.2, 0.25) is 5.91 Å². The molecule has 2 atom stereocenters. The van der Waals surface area contributed by atoms with Crippen LogP contribution in [0.25, 0.3) is 0 Å². The van der Waals surface area contributed by atoms with Crippen molar-refractivity contribution in [2.24, 2.45) is 5.92 Å². The van der Waals surface area contributed by atoms with E-state index in [4.69, 9.17) is 5.26 Å². The molecule has 30 heavy (non-hydrogen) atoms. The fraction of sp³-hybridized carbons (Fsp3) is 0.579. The van der Waals surface area contributed by atoms with E-state index in [0.29, 0.717) is 12.8 Å². The fourth-order valence-corrected chi connectivity index (χ4v) is 5.06. The molecule has 0 aromatic heterocycles. The Balaban J connectivity index is 1.85. The fourth-order valence-electron chi connectivity index (χ4n) is 3.11. The molecule has 0 bridgehead atoms. The minimum atomic E-state index is -4.87. The molecule has 2 N–H and O–H groups in total. The zero-order valence-corrected chi connectivity index (χ0v) is 16.7. The van der Waals surface area contributed by atoms with E-state index in [0.717, 1.165) is 37.1 Å². The van der Waals surface area contributed by atoms with Crippen molar-refractivity contribution < 1.29 is 30.8 Å². The van der Waals surface area contributed by atoms with E-state index in [1.807, 2.05) is 6.07 Å². The van der Waals surface area contributed by atoms with Crippen molar-refractivity contribution >= 4 is 15.7 Å². The molecule has 3 rings (SSSR count). The van der Waals surface area contributed by atoms with E-state index < -0.39 is 51.1 Å². The number of nitriles is 1. The summed E-state index contributed by atoms with van der Waals surface area (Å²) in [5, 5.41) is 13.6. The van der Waals surface area contributed by atoms with Gasteiger partial charge in [-0.2, -0.15) is 18.4 Å². The van der Waals surface area contributed by atoms with Crippen LogP contribution in [0.2, 0.25) is 0 Å². The molecule has 2 aliphatic rings. The first-order valence-electron chi connectivity index (χ1n) is 9.45. The monoisotopic (exact) mass is 447 g/mol. The average molecular weight is 447 g/mol. The zero-order chi connectivity index (χ0) is 22.2. The minimum Gasteiger partial charge on any atom is -0.336 e. The van der Waals surface area contributed by atoms with Crippen molar-refractivity contribution in [1.29, 1.82) is 5.26 Å². The highest BCUT2D eigenvalue weighted by Gasteiger charge is 2.48. The summed E-state index contributed by atoms with van der Waals surface area (Å²) >= 11 is 0. The van der Waals surface area contributed by atoms with Crippen LogP contribution >= 0.6 is 0 Å². The first-order chi connectivity index (χ1) is 13.9. The molecule has 0 heterocycles. The van der Waals surface area contributed by atoms with Crippen LogP contribution in [0.1, 0.15) is 37.3 Å². The smallest absolute Gasteiger partial charge is 0.336 e. The summed E-state index contributed by atoms with van der Waals surface area (Å²) < 4.78 is 79.2. The molecular weight excluding hydrogens is 426 g/mol. The van der Waals surface area contributed by atoms with Crippen LogP contribution < -0.4 is 10.6 Å². The summed E-state index contributed by atoms with van der Waals surface area (Å²) in [4.78, 5) is 12.7. The van der Waals surface area contributed by atoms with Crippen LogP contribution in [0.4, 0.5) is 17.6 Å². The number of hydrogen-bond donors (Lipinski definition) is 2. The number of nitrogens with zero attached hydrogens (tertiary/aromatic N) is 1. The van der Waals surface area contributed by atoms with Gasteiger partial charge in [-0.05, 0) is 49.3 Å². The number of amides is 1. The largest absolute Gasteiger partial charge is 0.407 e. The van der Waals surface area contributed by atoms with E-state index >= 15 is 0 Å². The Hall–Kier alpha value is -2.19. The van der Waals surface area contributed by atoms with Crippen molar-refractivity contribution in [3.8, 4) is 6.07 Å². The first-order valence-corrected chi connectivity index (χ1v) is 11.3. The van der Waals surface area contributed by atoms with Gasteiger partial charge in [-0.1, -0.05) is 12.1 Å². The van der Waals surface area contributed by atoms with Gasteiger partial charge in [0.15, 0.2) is 9.84 Å². The topological polar surface area (TPSA) is 99.1 Å². The minimum absolute atomic E-state index is 0.0388. The van der Waals surface area contributed by atoms with E-state index in [-0.39, 0.29) is 17.2 Å². The van der Waals surface area contributed by atoms with Crippen molar-refractivity contribution in [2.45, 2.75) is 49.5 Å². The molecule has 1 unspecified atom stereocenters. The summed E-state index contributed by atoms with van der Waals surface area (Å²) in [6.07, 6.45) is -2.73. The van der Waals surface area contributed by atoms with Gasteiger partial charge in [-0.3, -0.25) is 10.1 Å². The Labute approximate surface area is 171 Å². The Morgan fingerprint density at radius 2 is 1.83 bits per heavy atom. The second kappa shape index (κ2) is 8.15. The summed E-state index contributed by atoms with van der Waals surface area (Å²) in [7, 11) is -3.82. The van der Waals surface area contributed by atoms with Gasteiger partial charge >= 0.3 is 6.18 Å². The molecule has 0 spiro atoms. The number of hydrogen-bond acceptors (Lipinski definition) is 5. The quantitative estimate of drug-likeness (QED) is 0.567. The summed E-state index contributed by atoms with van der Waals surface area (Å²) in [6, 6.07) is 1.33. The molecule has 164 valence electrons. The maximum absolute atomic E-state index is 13.7. The average Bonchev–Trinajstić information content (AvgIpc) is 3.56. The summed E-state index contributed by atoms with van der Waals surface area (Å²) in [6.45, 7) is 0. The first kappa shape index (κ1) is 22.5. The highest BCUT2D eigenvalue weighted by molar-refractivity contribution is 7.91. The second-order valence-corrected chi connectivity index (χ2v) is 10.1. The van der Waals surface area contributed by atoms with Crippen LogP contribution in [0.3, 0.4) is 0 Å². The molecule has 1 aromatic carbocycles. The van der Waals surface area contributed by atoms with Gasteiger partial charge in [0.05, 0.1) is 17.6 Å². The van der Waals surface area contributed by atoms with Gasteiger partial charge in [0.25, 0.3) is 0 Å². The van der Waals surface area contributed by atoms with Crippen LogP contribution in [-0.2, 0) is 14.6 Å². The maximum atomic E-state index is 13.7. The Kier molecular flexibility index (Phi) is 6.11. The van der Waals surface area contributed by atoms with Crippen molar-refractivity contribution in [3.05, 3.63) is 35.6 Å². The Morgan fingerprint density at radius 1 is 1.23 bits per heavy atom. The third kappa shape index (κ3) is 5.92. The number of rotatable bonds is 9. The van der Waals surface area contributed by atoms with Gasteiger partial charge in [0, 0.05) is 0 Å². The Bertz CT molecular complexity index is 933. The van der Waals surface area contributed by atoms with Gasteiger partial charge in [0.1, 0.15) is 23.4 Å². The number of alkyl halides is 3. The molecule has 2 saturated carbocycles. The molecule has 2 aliphatic carbocycles. The molecule has 11 heteroatoms. The molecule has 1 aromatic rings. The van der Waals surface area contributed by atoms with Crippen LogP contribution in [0.15, 0.2) is 24.3 Å². The van der Waals surface area contributed by atoms with E-state index in [2.05, 4.69) is 10.6 Å². The number of sulfone groups is 1. The van der Waals surface area contributed by atoms with Gasteiger partial charge < -0.3 is 5.32 Å². The van der Waals surface area contributed by atoms with E-state index in [1.54, 1.807) is 0 Å². The van der Waals surface area contributed by atoms with Crippen molar-refractivity contribution in [1.82, 2.24) is 10.6 Å². The molecule has 0 aliphatic heterocycles. The highest BCUT2D eigenvalue weighted by atomic mass is 32.2. The lowest BCUT2D eigenvalue weighted by Crippen LogP contribution is -2.54. The van der Waals surface area contributed by atoms with E-state index in [1.165, 1.54) is 0 Å². The summed E-state index contributed by atoms with van der Waals surface area (Å²) in [5.41, 5.74) is -1.52. The third-order valence-electron chi connectivity index (χ3n) is 5.15. The molecule has 0 radical (unpaired) electrons. The third-order valence-corrected chi connectivity index (χ3v) is 6.97. The summed E-state index contributed by atoms with van der Waals surface area (Å²) in [5.74, 6) is -2.78. The SMILES string of the molecule is N#CC1(NC(=O)C(CS(=O)(=O)CC2CC2)N[C@H](c2ccc(F)cc2)C(F)(F)F)CC1. The molecular formula is C19H21F4N3O3S. The number of carbonyl (C=O) groups excluding carboxylic acids is 1. The Morgan fingerprint density at radius 3 is 2.30 bits per heavy atom. The lowest BCUT2D eigenvalue weighted by molar-refractivity contribution is -0.160. The van der Waals surface area contributed by atoms with Gasteiger partial charge in [-0.25, -0.2) is 12.8 Å². The van der Waals surface area contributed by atoms with Crippen LogP contribution in [0.5, 0.6) is 0 Å². The van der Waals surface area contributed by atoms with Crippen molar-refractivity contribution in [3.63, 3.8) is 0 Å². The number of carbonyl (C=O) groups is 1. The predicted molar refractivity (Wildman–Crippen MR) is 99.2 cm³/mol. The normalized spacial score (nSPS) is 20.1. The standard InChI is InChI=1S/C19H21F4N3O3S/c20-14-5-3-13(4-6-14)16(19(21,22)23)25-15(10-30(28,29)9-12-1-2-12)17(27)26-18(11-24)7-8-18/h3-6,12,15-16,25H,1-2,7-10H2,(H,26,27)/t15?,16-/m1/s1. The van der Waals surface area contributed by atoms with Crippen molar-refractivity contribution in [2.75, 3.05) is 11.5 Å². The number of benzene rings is 1. The highest BCUT2D eigenvalue weighted by Crippen LogP contribution is 2.36. The number of nitrogens with one attached hydrogen (secondary N) is 2. The van der Waals surface area contributed by atoms with Crippen LogP contribution in [0, 0.1) is 23.1 Å². The molecule has 2 fully saturated rings.